The number of Topliss-reactive ketones (excluding diaryl/α,β-unsaturated/α-hetero) is 1. The van der Waals surface area contributed by atoms with Gasteiger partial charge in [0.1, 0.15) is 24.4 Å². The zero-order chi connectivity index (χ0) is 40.2. The fourth-order valence-electron chi connectivity index (χ4n) is 5.65. The van der Waals surface area contributed by atoms with E-state index in [-0.39, 0.29) is 32.5 Å². The van der Waals surface area contributed by atoms with Crippen molar-refractivity contribution in [3.8, 4) is 11.5 Å². The molecule has 1 N–H and O–H groups in total. The Kier molecular flexibility index (Phi) is 15.3. The summed E-state index contributed by atoms with van der Waals surface area (Å²) in [5.74, 6) is -2.95. The summed E-state index contributed by atoms with van der Waals surface area (Å²) in [5, 5.41) is 2.80. The summed E-state index contributed by atoms with van der Waals surface area (Å²) < 4.78 is 27.4. The number of nitrogens with one attached hydrogen (secondary N) is 1. The topological polar surface area (TPSA) is 167 Å². The van der Waals surface area contributed by atoms with Crippen molar-refractivity contribution in [1.82, 2.24) is 9.80 Å². The molecule has 2 atom stereocenters. The van der Waals surface area contributed by atoms with E-state index in [1.165, 1.54) is 25.9 Å². The number of likely N-dealkylation sites (N-methyl/N-ethyl adjacent to an activating group) is 1. The average molecular weight is 752 g/mol. The molecule has 2 aromatic carbocycles. The van der Waals surface area contributed by atoms with Gasteiger partial charge in [-0.3, -0.25) is 19.2 Å². The van der Waals surface area contributed by atoms with E-state index in [1.54, 1.807) is 65.3 Å². The highest BCUT2D eigenvalue weighted by Gasteiger charge is 2.43. The number of piperazine rings is 1. The summed E-state index contributed by atoms with van der Waals surface area (Å²) in [5.41, 5.74) is -0.172. The fraction of sp³-hybridized carbons (Fsp3) is 0.500. The Morgan fingerprint density at radius 3 is 2.30 bits per heavy atom. The van der Waals surface area contributed by atoms with E-state index in [0.717, 1.165) is 11.6 Å². The van der Waals surface area contributed by atoms with Gasteiger partial charge in [-0.2, -0.15) is 0 Å². The number of aryl methyl sites for hydroxylation is 1. The SMILES string of the molecule is C=CC(=O)OCC(C)(C)C(=O)C(=O)N1CCN(C)C[C@H]1C(=O)OC(CCc1ccc(OC)c(OC)c1)c1cccc(NC(=O)CCC(=O)OC(C)(C)C)c1. The molecule has 3 rings (SSSR count). The van der Waals surface area contributed by atoms with Crippen LogP contribution in [0.1, 0.15) is 71.1 Å². The largest absolute Gasteiger partial charge is 0.493 e. The summed E-state index contributed by atoms with van der Waals surface area (Å²) in [6.07, 6.45) is 0.662. The predicted molar refractivity (Wildman–Crippen MR) is 200 cm³/mol. The number of amides is 2. The number of hydrogen-bond donors (Lipinski definition) is 1. The van der Waals surface area contributed by atoms with Crippen molar-refractivity contribution in [2.75, 3.05) is 52.8 Å². The Hall–Kier alpha value is -5.24. The fourth-order valence-corrected chi connectivity index (χ4v) is 5.65. The van der Waals surface area contributed by atoms with Crippen LogP contribution in [-0.2, 0) is 49.4 Å². The highest BCUT2D eigenvalue weighted by atomic mass is 16.6. The van der Waals surface area contributed by atoms with Gasteiger partial charge < -0.3 is 38.8 Å². The minimum Gasteiger partial charge on any atom is -0.493 e. The number of nitrogens with zero attached hydrogens (tertiary/aromatic N) is 2. The zero-order valence-electron chi connectivity index (χ0n) is 32.5. The average Bonchev–Trinajstić information content (AvgIpc) is 3.13. The molecule has 0 aromatic heterocycles. The predicted octanol–water partition coefficient (Wildman–Crippen LogP) is 4.45. The van der Waals surface area contributed by atoms with Crippen LogP contribution in [0, 0.1) is 5.41 Å². The van der Waals surface area contributed by atoms with E-state index in [2.05, 4.69) is 11.9 Å². The second-order valence-corrected chi connectivity index (χ2v) is 14.7. The molecule has 1 aliphatic rings. The minimum absolute atomic E-state index is 0.0878. The number of methoxy groups -OCH3 is 2. The Labute approximate surface area is 317 Å². The second-order valence-electron chi connectivity index (χ2n) is 14.7. The summed E-state index contributed by atoms with van der Waals surface area (Å²) >= 11 is 0. The number of rotatable bonds is 17. The van der Waals surface area contributed by atoms with Crippen LogP contribution in [0.25, 0.3) is 0 Å². The lowest BCUT2D eigenvalue weighted by molar-refractivity contribution is -0.166. The molecular weight excluding hydrogens is 698 g/mol. The number of carbonyl (C=O) groups is 6. The van der Waals surface area contributed by atoms with Gasteiger partial charge >= 0.3 is 17.9 Å². The first kappa shape index (κ1) is 43.2. The van der Waals surface area contributed by atoms with E-state index in [1.807, 2.05) is 17.0 Å². The van der Waals surface area contributed by atoms with Crippen molar-refractivity contribution in [2.24, 2.45) is 5.41 Å². The summed E-state index contributed by atoms with van der Waals surface area (Å²) in [6, 6.07) is 11.2. The van der Waals surface area contributed by atoms with Gasteiger partial charge in [0, 0.05) is 37.8 Å². The lowest BCUT2D eigenvalue weighted by Crippen LogP contribution is -2.60. The summed E-state index contributed by atoms with van der Waals surface area (Å²) in [4.78, 5) is 80.9. The molecule has 1 fully saturated rings. The van der Waals surface area contributed by atoms with Crippen LogP contribution in [0.15, 0.2) is 55.1 Å². The van der Waals surface area contributed by atoms with Crippen LogP contribution in [0.4, 0.5) is 5.69 Å². The van der Waals surface area contributed by atoms with Crippen LogP contribution in [0.5, 0.6) is 11.5 Å². The zero-order valence-corrected chi connectivity index (χ0v) is 32.5. The van der Waals surface area contributed by atoms with Crippen molar-refractivity contribution < 1.29 is 52.5 Å². The van der Waals surface area contributed by atoms with Crippen molar-refractivity contribution in [1.29, 1.82) is 0 Å². The van der Waals surface area contributed by atoms with Gasteiger partial charge in [0.05, 0.1) is 26.1 Å². The molecule has 0 bridgehead atoms. The summed E-state index contributed by atoms with van der Waals surface area (Å²) in [6.45, 7) is 11.8. The number of benzene rings is 2. The van der Waals surface area contributed by atoms with Crippen molar-refractivity contribution >= 4 is 41.2 Å². The molecule has 0 aliphatic carbocycles. The third-order valence-electron chi connectivity index (χ3n) is 8.59. The number of anilines is 1. The molecule has 0 radical (unpaired) electrons. The van der Waals surface area contributed by atoms with Gasteiger partial charge in [0.2, 0.25) is 11.7 Å². The molecule has 0 saturated carbocycles. The molecule has 0 spiro atoms. The molecule has 2 aromatic rings. The van der Waals surface area contributed by atoms with Crippen molar-refractivity contribution in [3.05, 3.63) is 66.2 Å². The standard InChI is InChI=1S/C40H53N3O11/c1-10-34(45)52-25-40(5,6)36(47)37(48)43-21-20-42(7)24-29(43)38(49)53-30(16-14-26-15-17-31(50-8)32(22-26)51-9)27-12-11-13-28(23-27)41-33(44)18-19-35(46)54-39(2,3)4/h10-13,15,17,22-23,29-30H,1,14,16,18-21,24-25H2,2-9H3,(H,41,44)/t29-,30?/m0/s1. The van der Waals surface area contributed by atoms with Gasteiger partial charge in [-0.15, -0.1) is 0 Å². The smallest absolute Gasteiger partial charge is 0.330 e. The lowest BCUT2D eigenvalue weighted by atomic mass is 9.87. The van der Waals surface area contributed by atoms with E-state index in [9.17, 15) is 28.8 Å². The van der Waals surface area contributed by atoms with Crippen LogP contribution >= 0.6 is 0 Å². The first-order chi connectivity index (χ1) is 25.4. The molecule has 1 heterocycles. The van der Waals surface area contributed by atoms with Gasteiger partial charge in [0.25, 0.3) is 5.91 Å². The molecule has 1 aliphatic heterocycles. The van der Waals surface area contributed by atoms with Crippen molar-refractivity contribution in [3.63, 3.8) is 0 Å². The molecule has 1 unspecified atom stereocenters. The summed E-state index contributed by atoms with van der Waals surface area (Å²) in [7, 11) is 4.87. The molecule has 54 heavy (non-hydrogen) atoms. The van der Waals surface area contributed by atoms with Gasteiger partial charge in [-0.25, -0.2) is 9.59 Å². The maximum Gasteiger partial charge on any atom is 0.330 e. The quantitative estimate of drug-likeness (QED) is 0.105. The number of ether oxygens (including phenoxy) is 5. The van der Waals surface area contributed by atoms with Crippen LogP contribution in [0.3, 0.4) is 0 Å². The number of carbonyl (C=O) groups excluding carboxylic acids is 6. The Bertz CT molecular complexity index is 1700. The van der Waals surface area contributed by atoms with Gasteiger partial charge in [-0.1, -0.05) is 24.8 Å². The maximum atomic E-state index is 14.1. The Balaban J connectivity index is 1.87. The normalized spacial score (nSPS) is 15.3. The molecule has 1 saturated heterocycles. The number of hydrogen-bond acceptors (Lipinski definition) is 12. The highest BCUT2D eigenvalue weighted by Crippen LogP contribution is 2.32. The first-order valence-electron chi connectivity index (χ1n) is 17.7. The molecule has 14 nitrogen and oxygen atoms in total. The van der Waals surface area contributed by atoms with Gasteiger partial charge in [0.15, 0.2) is 11.5 Å². The molecule has 294 valence electrons. The van der Waals surface area contributed by atoms with E-state index in [4.69, 9.17) is 23.7 Å². The lowest BCUT2D eigenvalue weighted by Gasteiger charge is -2.39. The molecular formula is C40H53N3O11. The first-order valence-corrected chi connectivity index (χ1v) is 17.7. The number of ketones is 1. The number of esters is 3. The second kappa shape index (κ2) is 19.2. The van der Waals surface area contributed by atoms with E-state index >= 15 is 0 Å². The van der Waals surface area contributed by atoms with E-state index in [0.29, 0.717) is 42.1 Å². The molecule has 14 heteroatoms. The van der Waals surface area contributed by atoms with Gasteiger partial charge in [-0.05, 0) is 89.9 Å². The Morgan fingerprint density at radius 1 is 0.944 bits per heavy atom. The monoisotopic (exact) mass is 751 g/mol. The third-order valence-corrected chi connectivity index (χ3v) is 8.59. The minimum atomic E-state index is -1.37. The van der Waals surface area contributed by atoms with Crippen molar-refractivity contribution in [2.45, 2.75) is 78.0 Å². The van der Waals surface area contributed by atoms with Crippen LogP contribution < -0.4 is 14.8 Å². The maximum absolute atomic E-state index is 14.1. The Morgan fingerprint density at radius 2 is 1.65 bits per heavy atom. The van der Waals surface area contributed by atoms with Crippen LogP contribution in [-0.4, -0.2) is 104 Å². The molecule has 2 amide bonds. The van der Waals surface area contributed by atoms with E-state index < -0.39 is 58.7 Å². The highest BCUT2D eigenvalue weighted by molar-refractivity contribution is 6.38. The third kappa shape index (κ3) is 12.7. The van der Waals surface area contributed by atoms with Crippen LogP contribution in [0.2, 0.25) is 0 Å².